The number of carboxylic acid groups (broad SMARTS) is 1. The number of hydrogen-bond acceptors (Lipinski definition) is 4. The largest absolute Gasteiger partial charge is 0.479 e. The SMILES string of the molecule is CCOC1CC(NC(=O)CC(C)NC(=O)C2CCCC2)(C(=O)O)C1(C)C. The summed E-state index contributed by atoms with van der Waals surface area (Å²) in [6, 6.07) is -0.333. The van der Waals surface area contributed by atoms with Crippen LogP contribution in [0, 0.1) is 11.3 Å². The van der Waals surface area contributed by atoms with Crippen molar-refractivity contribution in [1.29, 1.82) is 0 Å². The van der Waals surface area contributed by atoms with Gasteiger partial charge in [-0.25, -0.2) is 4.79 Å². The summed E-state index contributed by atoms with van der Waals surface area (Å²) in [7, 11) is 0. The van der Waals surface area contributed by atoms with Gasteiger partial charge in [0, 0.05) is 36.8 Å². The summed E-state index contributed by atoms with van der Waals surface area (Å²) in [5.41, 5.74) is -2.04. The molecule has 0 radical (unpaired) electrons. The van der Waals surface area contributed by atoms with Crippen LogP contribution in [-0.2, 0) is 19.1 Å². The van der Waals surface area contributed by atoms with Gasteiger partial charge in [-0.1, -0.05) is 26.7 Å². The van der Waals surface area contributed by atoms with Gasteiger partial charge in [-0.2, -0.15) is 0 Å². The molecule has 2 rings (SSSR count). The third-order valence-electron chi connectivity index (χ3n) is 6.09. The highest BCUT2D eigenvalue weighted by Crippen LogP contribution is 2.51. The summed E-state index contributed by atoms with van der Waals surface area (Å²) in [5, 5.41) is 15.3. The van der Waals surface area contributed by atoms with Crippen molar-refractivity contribution in [3.05, 3.63) is 0 Å². The Hall–Kier alpha value is -1.63. The highest BCUT2D eigenvalue weighted by atomic mass is 16.5. The molecule has 0 aliphatic heterocycles. The Morgan fingerprint density at radius 2 is 1.85 bits per heavy atom. The topological polar surface area (TPSA) is 105 Å². The van der Waals surface area contributed by atoms with E-state index < -0.39 is 16.9 Å². The van der Waals surface area contributed by atoms with Gasteiger partial charge in [0.05, 0.1) is 6.10 Å². The highest BCUT2D eigenvalue weighted by Gasteiger charge is 2.66. The van der Waals surface area contributed by atoms with Gasteiger partial charge in [0.25, 0.3) is 0 Å². The predicted octanol–water partition coefficient (Wildman–Crippen LogP) is 1.85. The number of carbonyl (C=O) groups is 3. The number of nitrogens with one attached hydrogen (secondary N) is 2. The zero-order valence-corrected chi connectivity index (χ0v) is 16.3. The molecular weight excluding hydrogens is 336 g/mol. The lowest BCUT2D eigenvalue weighted by Crippen LogP contribution is -2.76. The molecule has 2 saturated carbocycles. The zero-order valence-electron chi connectivity index (χ0n) is 16.3. The highest BCUT2D eigenvalue weighted by molar-refractivity contribution is 5.90. The van der Waals surface area contributed by atoms with Crippen LogP contribution in [0.5, 0.6) is 0 Å². The first-order chi connectivity index (χ1) is 12.1. The predicted molar refractivity (Wildman–Crippen MR) is 96.5 cm³/mol. The summed E-state index contributed by atoms with van der Waals surface area (Å²) >= 11 is 0. The van der Waals surface area contributed by atoms with Crippen molar-refractivity contribution in [2.24, 2.45) is 11.3 Å². The van der Waals surface area contributed by atoms with Gasteiger partial charge in [-0.05, 0) is 26.7 Å². The molecule has 7 nitrogen and oxygen atoms in total. The monoisotopic (exact) mass is 368 g/mol. The molecule has 148 valence electrons. The van der Waals surface area contributed by atoms with Gasteiger partial charge >= 0.3 is 5.97 Å². The molecule has 0 aromatic rings. The minimum Gasteiger partial charge on any atom is -0.479 e. The molecule has 0 aromatic carbocycles. The molecule has 3 N–H and O–H groups in total. The van der Waals surface area contributed by atoms with Gasteiger partial charge in [0.2, 0.25) is 11.8 Å². The normalized spacial score (nSPS) is 28.8. The number of carbonyl (C=O) groups excluding carboxylic acids is 2. The lowest BCUT2D eigenvalue weighted by atomic mass is 9.54. The molecule has 2 aliphatic rings. The molecule has 0 spiro atoms. The number of ether oxygens (including phenoxy) is 1. The Bertz CT molecular complexity index is 556. The van der Waals surface area contributed by atoms with E-state index in [0.717, 1.165) is 25.7 Å². The van der Waals surface area contributed by atoms with E-state index in [0.29, 0.717) is 6.61 Å². The molecule has 0 saturated heterocycles. The summed E-state index contributed by atoms with van der Waals surface area (Å²) in [6.07, 6.45) is 4.05. The first-order valence-corrected chi connectivity index (χ1v) is 9.60. The van der Waals surface area contributed by atoms with Crippen molar-refractivity contribution in [2.45, 2.75) is 83.9 Å². The first-order valence-electron chi connectivity index (χ1n) is 9.60. The van der Waals surface area contributed by atoms with E-state index >= 15 is 0 Å². The first kappa shape index (κ1) is 20.7. The standard InChI is InChI=1S/C19H32N2O5/c1-5-26-14-11-19(17(24)25,18(14,3)4)21-15(22)10-12(2)20-16(23)13-8-6-7-9-13/h12-14H,5-11H2,1-4H3,(H,20,23)(H,21,22)(H,24,25). The molecule has 7 heteroatoms. The number of amides is 2. The van der Waals surface area contributed by atoms with Crippen LogP contribution in [0.15, 0.2) is 0 Å². The van der Waals surface area contributed by atoms with Crippen molar-refractivity contribution in [1.82, 2.24) is 10.6 Å². The minimum absolute atomic E-state index is 0.00358. The average molecular weight is 368 g/mol. The number of aliphatic carboxylic acids is 1. The summed E-state index contributed by atoms with van der Waals surface area (Å²) in [5.74, 6) is -1.37. The van der Waals surface area contributed by atoms with E-state index in [-0.39, 0.29) is 42.7 Å². The second kappa shape index (κ2) is 7.94. The quantitative estimate of drug-likeness (QED) is 0.606. The number of rotatable bonds is 8. The Kier molecular flexibility index (Phi) is 6.32. The lowest BCUT2D eigenvalue weighted by molar-refractivity contribution is -0.194. The van der Waals surface area contributed by atoms with E-state index in [1.807, 2.05) is 6.92 Å². The van der Waals surface area contributed by atoms with Gasteiger partial charge in [0.1, 0.15) is 5.54 Å². The summed E-state index contributed by atoms with van der Waals surface area (Å²) < 4.78 is 5.60. The van der Waals surface area contributed by atoms with Crippen LogP contribution in [0.4, 0.5) is 0 Å². The van der Waals surface area contributed by atoms with Crippen molar-refractivity contribution in [3.63, 3.8) is 0 Å². The Labute approximate surface area is 155 Å². The van der Waals surface area contributed by atoms with Crippen LogP contribution in [0.25, 0.3) is 0 Å². The second-order valence-electron chi connectivity index (χ2n) is 8.22. The lowest BCUT2D eigenvalue weighted by Gasteiger charge is -2.58. The molecule has 3 atom stereocenters. The molecule has 2 aliphatic carbocycles. The molecule has 0 heterocycles. The van der Waals surface area contributed by atoms with Crippen LogP contribution in [0.1, 0.15) is 66.2 Å². The molecule has 2 amide bonds. The van der Waals surface area contributed by atoms with E-state index in [1.54, 1.807) is 20.8 Å². The zero-order chi connectivity index (χ0) is 19.5. The van der Waals surface area contributed by atoms with Crippen LogP contribution in [0.2, 0.25) is 0 Å². The fourth-order valence-corrected chi connectivity index (χ4v) is 4.20. The van der Waals surface area contributed by atoms with E-state index in [1.165, 1.54) is 0 Å². The Balaban J connectivity index is 1.92. The van der Waals surface area contributed by atoms with Crippen LogP contribution in [-0.4, -0.2) is 47.2 Å². The van der Waals surface area contributed by atoms with Gasteiger partial charge in [0.15, 0.2) is 0 Å². The summed E-state index contributed by atoms with van der Waals surface area (Å²) in [4.78, 5) is 36.5. The smallest absolute Gasteiger partial charge is 0.330 e. The maximum atomic E-state index is 12.5. The van der Waals surface area contributed by atoms with E-state index in [2.05, 4.69) is 10.6 Å². The van der Waals surface area contributed by atoms with Crippen LogP contribution >= 0.6 is 0 Å². The van der Waals surface area contributed by atoms with Crippen LogP contribution in [0.3, 0.4) is 0 Å². The van der Waals surface area contributed by atoms with E-state index in [9.17, 15) is 19.5 Å². The molecule has 0 aromatic heterocycles. The maximum absolute atomic E-state index is 12.5. The fraction of sp³-hybridized carbons (Fsp3) is 0.842. The average Bonchev–Trinajstić information content (AvgIpc) is 3.07. The van der Waals surface area contributed by atoms with Gasteiger partial charge in [-0.3, -0.25) is 9.59 Å². The fourth-order valence-electron chi connectivity index (χ4n) is 4.20. The number of carboxylic acids is 1. The Morgan fingerprint density at radius 1 is 1.23 bits per heavy atom. The van der Waals surface area contributed by atoms with Gasteiger partial charge < -0.3 is 20.5 Å². The molecule has 3 unspecified atom stereocenters. The molecule has 0 bridgehead atoms. The van der Waals surface area contributed by atoms with Crippen molar-refractivity contribution in [2.75, 3.05) is 6.61 Å². The van der Waals surface area contributed by atoms with Crippen molar-refractivity contribution in [3.8, 4) is 0 Å². The van der Waals surface area contributed by atoms with Gasteiger partial charge in [-0.15, -0.1) is 0 Å². The molecular formula is C19H32N2O5. The minimum atomic E-state index is -1.33. The second-order valence-corrected chi connectivity index (χ2v) is 8.22. The maximum Gasteiger partial charge on any atom is 0.330 e. The van der Waals surface area contributed by atoms with Crippen LogP contribution < -0.4 is 10.6 Å². The summed E-state index contributed by atoms with van der Waals surface area (Å²) in [6.45, 7) is 7.74. The third-order valence-corrected chi connectivity index (χ3v) is 6.09. The third kappa shape index (κ3) is 3.87. The van der Waals surface area contributed by atoms with E-state index in [4.69, 9.17) is 4.74 Å². The molecule has 2 fully saturated rings. The van der Waals surface area contributed by atoms with Crippen molar-refractivity contribution >= 4 is 17.8 Å². The Morgan fingerprint density at radius 3 is 2.35 bits per heavy atom. The van der Waals surface area contributed by atoms with Crippen molar-refractivity contribution < 1.29 is 24.2 Å². The number of hydrogen-bond donors (Lipinski definition) is 3. The molecule has 26 heavy (non-hydrogen) atoms.